The van der Waals surface area contributed by atoms with E-state index in [9.17, 15) is 9.59 Å². The number of hydrogen-bond acceptors (Lipinski definition) is 2. The van der Waals surface area contributed by atoms with Crippen molar-refractivity contribution in [3.05, 3.63) is 65.7 Å². The number of carbonyl (C=O) groups is 2. The van der Waals surface area contributed by atoms with Crippen LogP contribution in [-0.2, 0) is 17.8 Å². The van der Waals surface area contributed by atoms with Crippen LogP contribution in [0.3, 0.4) is 0 Å². The summed E-state index contributed by atoms with van der Waals surface area (Å²) < 4.78 is 0. The maximum Gasteiger partial charge on any atom is 0.319 e. The molecule has 0 atom stereocenters. The van der Waals surface area contributed by atoms with E-state index in [2.05, 4.69) is 10.6 Å². The van der Waals surface area contributed by atoms with Crippen molar-refractivity contribution in [3.8, 4) is 0 Å². The van der Waals surface area contributed by atoms with Gasteiger partial charge in [-0.3, -0.25) is 4.79 Å². The van der Waals surface area contributed by atoms with Crippen molar-refractivity contribution in [3.63, 3.8) is 0 Å². The van der Waals surface area contributed by atoms with Crippen molar-refractivity contribution in [2.24, 2.45) is 0 Å². The predicted molar refractivity (Wildman–Crippen MR) is 80.1 cm³/mol. The molecule has 2 amide bonds. The molecule has 0 heterocycles. The molecule has 0 fully saturated rings. The first-order chi connectivity index (χ1) is 10.1. The van der Waals surface area contributed by atoms with E-state index in [4.69, 9.17) is 5.11 Å². The van der Waals surface area contributed by atoms with Gasteiger partial charge in [-0.1, -0.05) is 42.5 Å². The lowest BCUT2D eigenvalue weighted by Crippen LogP contribution is -2.28. The number of benzene rings is 2. The Morgan fingerprint density at radius 3 is 2.19 bits per heavy atom. The average molecular weight is 284 g/mol. The van der Waals surface area contributed by atoms with Crippen molar-refractivity contribution >= 4 is 17.7 Å². The molecule has 0 aromatic heterocycles. The third-order valence-electron chi connectivity index (χ3n) is 2.93. The lowest BCUT2D eigenvalue weighted by molar-refractivity contribution is -0.136. The van der Waals surface area contributed by atoms with Gasteiger partial charge in [0.15, 0.2) is 0 Å². The second-order valence-corrected chi connectivity index (χ2v) is 4.51. The summed E-state index contributed by atoms with van der Waals surface area (Å²) in [6.45, 7) is 0.280. The standard InChI is InChI=1S/C16H16N2O3/c19-15(20)10-12-6-4-5-7-13(12)11-17-16(21)18-14-8-2-1-3-9-14/h1-9H,10-11H2,(H,19,20)(H2,17,18,21). The Bertz CT molecular complexity index is 626. The monoisotopic (exact) mass is 284 g/mol. The van der Waals surface area contributed by atoms with Crippen LogP contribution in [0.15, 0.2) is 54.6 Å². The second-order valence-electron chi connectivity index (χ2n) is 4.51. The van der Waals surface area contributed by atoms with Gasteiger partial charge in [-0.05, 0) is 23.3 Å². The molecular weight excluding hydrogens is 268 g/mol. The van der Waals surface area contributed by atoms with Crippen molar-refractivity contribution in [2.75, 3.05) is 5.32 Å². The number of carbonyl (C=O) groups excluding carboxylic acids is 1. The molecule has 0 unspecified atom stereocenters. The van der Waals surface area contributed by atoms with Gasteiger partial charge in [0.25, 0.3) is 0 Å². The molecule has 2 aromatic carbocycles. The number of urea groups is 1. The van der Waals surface area contributed by atoms with E-state index in [0.29, 0.717) is 11.3 Å². The zero-order chi connectivity index (χ0) is 15.1. The zero-order valence-electron chi connectivity index (χ0n) is 11.4. The maximum atomic E-state index is 11.8. The van der Waals surface area contributed by atoms with Crippen LogP contribution in [0.2, 0.25) is 0 Å². The van der Waals surface area contributed by atoms with E-state index < -0.39 is 5.97 Å². The van der Waals surface area contributed by atoms with E-state index in [1.54, 1.807) is 30.3 Å². The van der Waals surface area contributed by atoms with E-state index in [1.165, 1.54) is 0 Å². The van der Waals surface area contributed by atoms with Crippen LogP contribution >= 0.6 is 0 Å². The number of rotatable bonds is 5. The number of para-hydroxylation sites is 1. The Morgan fingerprint density at radius 1 is 0.905 bits per heavy atom. The highest BCUT2D eigenvalue weighted by Crippen LogP contribution is 2.10. The van der Waals surface area contributed by atoms with Crippen LogP contribution in [0.4, 0.5) is 10.5 Å². The number of aliphatic carboxylic acids is 1. The van der Waals surface area contributed by atoms with Crippen LogP contribution < -0.4 is 10.6 Å². The van der Waals surface area contributed by atoms with Gasteiger partial charge in [-0.2, -0.15) is 0 Å². The van der Waals surface area contributed by atoms with Gasteiger partial charge in [-0.25, -0.2) is 4.79 Å². The molecular formula is C16H16N2O3. The Kier molecular flexibility index (Phi) is 4.93. The Morgan fingerprint density at radius 2 is 1.52 bits per heavy atom. The minimum absolute atomic E-state index is 0.0574. The summed E-state index contributed by atoms with van der Waals surface area (Å²) in [6, 6.07) is 15.9. The van der Waals surface area contributed by atoms with Crippen molar-refractivity contribution < 1.29 is 14.7 Å². The molecule has 0 aliphatic carbocycles. The topological polar surface area (TPSA) is 78.4 Å². The number of carboxylic acids is 1. The Balaban J connectivity index is 1.93. The normalized spacial score (nSPS) is 9.90. The second kappa shape index (κ2) is 7.09. The fourth-order valence-electron chi connectivity index (χ4n) is 1.94. The molecule has 5 heteroatoms. The van der Waals surface area contributed by atoms with Gasteiger partial charge in [0.1, 0.15) is 0 Å². The molecule has 0 saturated carbocycles. The van der Waals surface area contributed by atoms with Gasteiger partial charge < -0.3 is 15.7 Å². The molecule has 0 radical (unpaired) electrons. The first kappa shape index (κ1) is 14.6. The molecule has 3 N–H and O–H groups in total. The van der Waals surface area contributed by atoms with Gasteiger partial charge >= 0.3 is 12.0 Å². The lowest BCUT2D eigenvalue weighted by Gasteiger charge is -2.10. The quantitative estimate of drug-likeness (QED) is 0.789. The smallest absolute Gasteiger partial charge is 0.319 e. The van der Waals surface area contributed by atoms with Crippen molar-refractivity contribution in [1.29, 1.82) is 0 Å². The predicted octanol–water partition coefficient (Wildman–Crippen LogP) is 2.64. The fraction of sp³-hybridized carbons (Fsp3) is 0.125. The summed E-state index contributed by atoms with van der Waals surface area (Å²) in [6.07, 6.45) is -0.0574. The molecule has 0 aliphatic heterocycles. The van der Waals surface area contributed by atoms with E-state index in [-0.39, 0.29) is 19.0 Å². The van der Waals surface area contributed by atoms with Crippen LogP contribution in [0, 0.1) is 0 Å². The van der Waals surface area contributed by atoms with Crippen molar-refractivity contribution in [1.82, 2.24) is 5.32 Å². The first-order valence-corrected chi connectivity index (χ1v) is 6.53. The largest absolute Gasteiger partial charge is 0.481 e. The number of anilines is 1. The van der Waals surface area contributed by atoms with Crippen LogP contribution in [-0.4, -0.2) is 17.1 Å². The minimum atomic E-state index is -0.892. The number of carboxylic acid groups (broad SMARTS) is 1. The Hall–Kier alpha value is -2.82. The molecule has 2 aromatic rings. The maximum absolute atomic E-state index is 11.8. The fourth-order valence-corrected chi connectivity index (χ4v) is 1.94. The van der Waals surface area contributed by atoms with E-state index in [1.807, 2.05) is 24.3 Å². The van der Waals surface area contributed by atoms with Crippen molar-refractivity contribution in [2.45, 2.75) is 13.0 Å². The highest BCUT2D eigenvalue weighted by atomic mass is 16.4. The first-order valence-electron chi connectivity index (χ1n) is 6.53. The number of nitrogens with one attached hydrogen (secondary N) is 2. The van der Waals surface area contributed by atoms with Gasteiger partial charge in [0, 0.05) is 12.2 Å². The third kappa shape index (κ3) is 4.65. The summed E-state index contributed by atoms with van der Waals surface area (Å²) in [5.41, 5.74) is 2.20. The van der Waals surface area contributed by atoms with Crippen LogP contribution in [0.5, 0.6) is 0 Å². The van der Waals surface area contributed by atoms with E-state index in [0.717, 1.165) is 5.56 Å². The summed E-state index contributed by atoms with van der Waals surface area (Å²) in [4.78, 5) is 22.6. The van der Waals surface area contributed by atoms with Gasteiger partial charge in [0.05, 0.1) is 6.42 Å². The lowest BCUT2D eigenvalue weighted by atomic mass is 10.0. The average Bonchev–Trinajstić information content (AvgIpc) is 2.47. The van der Waals surface area contributed by atoms with Crippen LogP contribution in [0.25, 0.3) is 0 Å². The molecule has 2 rings (SSSR count). The summed E-state index contributed by atoms with van der Waals surface area (Å²) in [7, 11) is 0. The summed E-state index contributed by atoms with van der Waals surface area (Å²) in [5.74, 6) is -0.892. The highest BCUT2D eigenvalue weighted by molar-refractivity contribution is 5.89. The number of amides is 2. The third-order valence-corrected chi connectivity index (χ3v) is 2.93. The molecule has 21 heavy (non-hydrogen) atoms. The zero-order valence-corrected chi connectivity index (χ0v) is 11.4. The van der Waals surface area contributed by atoms with E-state index >= 15 is 0 Å². The molecule has 0 aliphatic rings. The SMILES string of the molecule is O=C(O)Cc1ccccc1CNC(=O)Nc1ccccc1. The molecule has 0 saturated heterocycles. The highest BCUT2D eigenvalue weighted by Gasteiger charge is 2.07. The molecule has 108 valence electrons. The molecule has 0 bridgehead atoms. The summed E-state index contributed by atoms with van der Waals surface area (Å²) >= 11 is 0. The van der Waals surface area contributed by atoms with Gasteiger partial charge in [-0.15, -0.1) is 0 Å². The summed E-state index contributed by atoms with van der Waals surface area (Å²) in [5, 5.41) is 14.3. The minimum Gasteiger partial charge on any atom is -0.481 e. The number of hydrogen-bond donors (Lipinski definition) is 3. The molecule has 5 nitrogen and oxygen atoms in total. The molecule has 0 spiro atoms. The van der Waals surface area contributed by atoms with Gasteiger partial charge in [0.2, 0.25) is 0 Å². The van der Waals surface area contributed by atoms with Crippen LogP contribution in [0.1, 0.15) is 11.1 Å². The Labute approximate surface area is 122 Å².